The summed E-state index contributed by atoms with van der Waals surface area (Å²) in [6, 6.07) is 13.0. The lowest BCUT2D eigenvalue weighted by atomic mass is 9.96. The number of para-hydroxylation sites is 1. The number of carbonyl (C=O) groups is 1. The van der Waals surface area contributed by atoms with Gasteiger partial charge in [0.05, 0.1) is 0 Å². The smallest absolute Gasteiger partial charge is 0.272 e. The second-order valence-corrected chi connectivity index (χ2v) is 6.21. The molecule has 0 unspecified atom stereocenters. The molecule has 2 atom stereocenters. The van der Waals surface area contributed by atoms with E-state index in [0.29, 0.717) is 11.4 Å². The molecule has 5 nitrogen and oxygen atoms in total. The van der Waals surface area contributed by atoms with E-state index in [9.17, 15) is 4.79 Å². The first-order valence-electron chi connectivity index (χ1n) is 8.40. The summed E-state index contributed by atoms with van der Waals surface area (Å²) in [7, 11) is 0. The van der Waals surface area contributed by atoms with Crippen molar-refractivity contribution in [3.8, 4) is 11.5 Å². The van der Waals surface area contributed by atoms with E-state index in [1.54, 1.807) is 18.3 Å². The van der Waals surface area contributed by atoms with Crippen LogP contribution in [0.5, 0.6) is 11.5 Å². The van der Waals surface area contributed by atoms with Crippen LogP contribution in [0.2, 0.25) is 0 Å². The van der Waals surface area contributed by atoms with Gasteiger partial charge in [-0.15, -0.1) is 0 Å². The van der Waals surface area contributed by atoms with Crippen LogP contribution in [0.15, 0.2) is 48.7 Å². The van der Waals surface area contributed by atoms with Gasteiger partial charge in [0.1, 0.15) is 17.2 Å². The van der Waals surface area contributed by atoms with Gasteiger partial charge in [-0.1, -0.05) is 18.2 Å². The van der Waals surface area contributed by atoms with E-state index in [-0.39, 0.29) is 18.0 Å². The Morgan fingerprint density at radius 2 is 2.04 bits per heavy atom. The van der Waals surface area contributed by atoms with Gasteiger partial charge in [-0.25, -0.2) is 0 Å². The Morgan fingerprint density at radius 1 is 1.25 bits per heavy atom. The lowest BCUT2D eigenvalue weighted by Crippen LogP contribution is -2.51. The number of pyridine rings is 1. The Bertz CT molecular complexity index is 688. The first-order valence-corrected chi connectivity index (χ1v) is 8.40. The SMILES string of the molecule is C[C@@H](N)[C@H]1CCCCN1C(=O)c1cc(Oc2ccccc2)ccn1. The van der Waals surface area contributed by atoms with Crippen LogP contribution in [0.4, 0.5) is 0 Å². The number of nitrogens with two attached hydrogens (primary N) is 1. The molecule has 1 aromatic carbocycles. The summed E-state index contributed by atoms with van der Waals surface area (Å²) in [6.07, 6.45) is 4.68. The third kappa shape index (κ3) is 3.74. The van der Waals surface area contributed by atoms with Crippen molar-refractivity contribution < 1.29 is 9.53 Å². The zero-order valence-corrected chi connectivity index (χ0v) is 13.9. The molecule has 126 valence electrons. The number of benzene rings is 1. The topological polar surface area (TPSA) is 68.5 Å². The normalized spacial score (nSPS) is 18.9. The van der Waals surface area contributed by atoms with E-state index in [0.717, 1.165) is 31.6 Å². The number of amides is 1. The summed E-state index contributed by atoms with van der Waals surface area (Å²) >= 11 is 0. The number of piperidine rings is 1. The van der Waals surface area contributed by atoms with E-state index in [1.165, 1.54) is 0 Å². The number of aromatic nitrogens is 1. The molecule has 0 aliphatic carbocycles. The fourth-order valence-corrected chi connectivity index (χ4v) is 3.12. The number of rotatable bonds is 4. The molecule has 1 saturated heterocycles. The molecule has 5 heteroatoms. The third-order valence-electron chi connectivity index (χ3n) is 4.35. The Kier molecular flexibility index (Phi) is 5.11. The van der Waals surface area contributed by atoms with Crippen molar-refractivity contribution >= 4 is 5.91 Å². The fraction of sp³-hybridized carbons (Fsp3) is 0.368. The van der Waals surface area contributed by atoms with Gasteiger partial charge in [0.15, 0.2) is 0 Å². The zero-order valence-electron chi connectivity index (χ0n) is 13.9. The number of likely N-dealkylation sites (tertiary alicyclic amines) is 1. The van der Waals surface area contributed by atoms with Crippen molar-refractivity contribution in [2.24, 2.45) is 5.73 Å². The van der Waals surface area contributed by atoms with Gasteiger partial charge >= 0.3 is 0 Å². The van der Waals surface area contributed by atoms with Crippen molar-refractivity contribution in [2.45, 2.75) is 38.3 Å². The van der Waals surface area contributed by atoms with Crippen LogP contribution < -0.4 is 10.5 Å². The molecular weight excluding hydrogens is 302 g/mol. The highest BCUT2D eigenvalue weighted by atomic mass is 16.5. The summed E-state index contributed by atoms with van der Waals surface area (Å²) in [5, 5.41) is 0. The maximum atomic E-state index is 12.9. The summed E-state index contributed by atoms with van der Waals surface area (Å²) in [4.78, 5) is 19.0. The standard InChI is InChI=1S/C19H23N3O2/c1-14(20)18-9-5-6-12-22(18)19(23)17-13-16(10-11-21-17)24-15-7-3-2-4-8-15/h2-4,7-8,10-11,13-14,18H,5-6,9,12,20H2,1H3/t14-,18-/m1/s1. The van der Waals surface area contributed by atoms with Crippen molar-refractivity contribution in [3.05, 3.63) is 54.4 Å². The minimum absolute atomic E-state index is 0.0435. The number of ether oxygens (including phenoxy) is 1. The van der Waals surface area contributed by atoms with Gasteiger partial charge in [-0.05, 0) is 44.4 Å². The van der Waals surface area contributed by atoms with Crippen molar-refractivity contribution in [1.82, 2.24) is 9.88 Å². The Balaban J connectivity index is 1.78. The Hall–Kier alpha value is -2.40. The summed E-state index contributed by atoms with van der Waals surface area (Å²) < 4.78 is 5.80. The average molecular weight is 325 g/mol. The third-order valence-corrected chi connectivity index (χ3v) is 4.35. The Morgan fingerprint density at radius 3 is 2.79 bits per heavy atom. The van der Waals surface area contributed by atoms with E-state index >= 15 is 0 Å². The molecule has 1 aromatic heterocycles. The largest absolute Gasteiger partial charge is 0.457 e. The van der Waals surface area contributed by atoms with Gasteiger partial charge in [-0.2, -0.15) is 0 Å². The molecule has 3 rings (SSSR count). The molecule has 0 saturated carbocycles. The second kappa shape index (κ2) is 7.45. The molecule has 1 aliphatic heterocycles. The highest BCUT2D eigenvalue weighted by Crippen LogP contribution is 2.24. The van der Waals surface area contributed by atoms with Crippen molar-refractivity contribution in [1.29, 1.82) is 0 Å². The van der Waals surface area contributed by atoms with E-state index in [1.807, 2.05) is 42.2 Å². The molecule has 2 aromatic rings. The molecule has 0 bridgehead atoms. The predicted molar refractivity (Wildman–Crippen MR) is 93.1 cm³/mol. The first kappa shape index (κ1) is 16.5. The monoisotopic (exact) mass is 325 g/mol. The van der Waals surface area contributed by atoms with Gasteiger partial charge in [-0.3, -0.25) is 9.78 Å². The zero-order chi connectivity index (χ0) is 16.9. The van der Waals surface area contributed by atoms with Crippen LogP contribution in [0.3, 0.4) is 0 Å². The minimum Gasteiger partial charge on any atom is -0.457 e. The highest BCUT2D eigenvalue weighted by Gasteiger charge is 2.30. The molecular formula is C19H23N3O2. The van der Waals surface area contributed by atoms with E-state index in [4.69, 9.17) is 10.5 Å². The molecule has 24 heavy (non-hydrogen) atoms. The minimum atomic E-state index is -0.0736. The summed E-state index contributed by atoms with van der Waals surface area (Å²) in [5.41, 5.74) is 6.47. The highest BCUT2D eigenvalue weighted by molar-refractivity contribution is 5.93. The maximum Gasteiger partial charge on any atom is 0.272 e. The summed E-state index contributed by atoms with van der Waals surface area (Å²) in [6.45, 7) is 2.69. The van der Waals surface area contributed by atoms with Crippen LogP contribution in [-0.2, 0) is 0 Å². The molecule has 2 heterocycles. The number of carbonyl (C=O) groups excluding carboxylic acids is 1. The molecule has 1 amide bonds. The van der Waals surface area contributed by atoms with Gasteiger partial charge in [0.25, 0.3) is 5.91 Å². The van der Waals surface area contributed by atoms with E-state index in [2.05, 4.69) is 4.98 Å². The molecule has 2 N–H and O–H groups in total. The average Bonchev–Trinajstić information content (AvgIpc) is 2.62. The van der Waals surface area contributed by atoms with Gasteiger partial charge in [0.2, 0.25) is 0 Å². The molecule has 1 aliphatic rings. The van der Waals surface area contributed by atoms with Crippen LogP contribution in [0, 0.1) is 0 Å². The lowest BCUT2D eigenvalue weighted by molar-refractivity contribution is 0.0577. The molecule has 1 fully saturated rings. The number of hydrogen-bond acceptors (Lipinski definition) is 4. The quantitative estimate of drug-likeness (QED) is 0.937. The Labute approximate surface area is 142 Å². The van der Waals surface area contributed by atoms with Crippen molar-refractivity contribution in [3.63, 3.8) is 0 Å². The van der Waals surface area contributed by atoms with Crippen molar-refractivity contribution in [2.75, 3.05) is 6.54 Å². The number of nitrogens with zero attached hydrogens (tertiary/aromatic N) is 2. The van der Waals surface area contributed by atoms with Crippen LogP contribution in [0.1, 0.15) is 36.7 Å². The van der Waals surface area contributed by atoms with Gasteiger partial charge < -0.3 is 15.4 Å². The maximum absolute atomic E-state index is 12.9. The van der Waals surface area contributed by atoms with Crippen LogP contribution in [0.25, 0.3) is 0 Å². The van der Waals surface area contributed by atoms with E-state index < -0.39 is 0 Å². The van der Waals surface area contributed by atoms with Gasteiger partial charge in [0, 0.05) is 30.9 Å². The second-order valence-electron chi connectivity index (χ2n) is 6.21. The summed E-state index contributed by atoms with van der Waals surface area (Å²) in [5.74, 6) is 1.26. The molecule has 0 radical (unpaired) electrons. The number of hydrogen-bond donors (Lipinski definition) is 1. The predicted octanol–water partition coefficient (Wildman–Crippen LogP) is 3.22. The fourth-order valence-electron chi connectivity index (χ4n) is 3.12. The van der Waals surface area contributed by atoms with Crippen LogP contribution >= 0.6 is 0 Å². The first-order chi connectivity index (χ1) is 11.6. The lowest BCUT2D eigenvalue weighted by Gasteiger charge is -2.37. The van der Waals surface area contributed by atoms with Crippen LogP contribution in [-0.4, -0.2) is 34.4 Å². The molecule has 0 spiro atoms.